The van der Waals surface area contributed by atoms with Crippen molar-refractivity contribution in [2.75, 3.05) is 18.1 Å². The monoisotopic (exact) mass is 556 g/mol. The van der Waals surface area contributed by atoms with Crippen LogP contribution in [0.3, 0.4) is 0 Å². The van der Waals surface area contributed by atoms with Crippen LogP contribution in [0.5, 0.6) is 5.75 Å². The third kappa shape index (κ3) is 5.44. The quantitative estimate of drug-likeness (QED) is 0.376. The van der Waals surface area contributed by atoms with Crippen LogP contribution < -0.4 is 9.64 Å². The molecule has 184 valence electrons. The van der Waals surface area contributed by atoms with E-state index < -0.39 is 10.0 Å². The molecule has 0 saturated carbocycles. The van der Waals surface area contributed by atoms with E-state index >= 15 is 0 Å². The van der Waals surface area contributed by atoms with Crippen LogP contribution in [0.15, 0.2) is 76.1 Å². The molecule has 6 nitrogen and oxygen atoms in total. The highest BCUT2D eigenvalue weighted by Crippen LogP contribution is 2.34. The van der Waals surface area contributed by atoms with E-state index in [0.717, 1.165) is 33.3 Å². The van der Waals surface area contributed by atoms with Crippen LogP contribution in [0.25, 0.3) is 0 Å². The molecule has 4 rings (SSSR count). The van der Waals surface area contributed by atoms with E-state index in [0.29, 0.717) is 12.4 Å². The van der Waals surface area contributed by atoms with Gasteiger partial charge >= 0.3 is 0 Å². The second-order valence-electron chi connectivity index (χ2n) is 8.71. The van der Waals surface area contributed by atoms with Gasteiger partial charge in [0.25, 0.3) is 0 Å². The maximum Gasteiger partial charge on any atom is 0.243 e. The van der Waals surface area contributed by atoms with Crippen molar-refractivity contribution in [3.8, 4) is 5.75 Å². The van der Waals surface area contributed by atoms with Crippen molar-refractivity contribution in [1.29, 1.82) is 0 Å². The maximum absolute atomic E-state index is 13.8. The third-order valence-electron chi connectivity index (χ3n) is 6.12. The zero-order valence-corrected chi connectivity index (χ0v) is 22.5. The summed E-state index contributed by atoms with van der Waals surface area (Å²) >= 11 is 3.49. The van der Waals surface area contributed by atoms with Crippen LogP contribution >= 0.6 is 15.9 Å². The Morgan fingerprint density at radius 1 is 1.11 bits per heavy atom. The first-order valence-electron chi connectivity index (χ1n) is 11.6. The number of fused-ring (bicyclic) bond motifs is 1. The van der Waals surface area contributed by atoms with E-state index in [9.17, 15) is 13.2 Å². The third-order valence-corrected chi connectivity index (χ3v) is 8.40. The topological polar surface area (TPSA) is 66.9 Å². The van der Waals surface area contributed by atoms with Gasteiger partial charge in [-0.1, -0.05) is 46.3 Å². The Morgan fingerprint density at radius 3 is 2.54 bits per heavy atom. The maximum atomic E-state index is 13.8. The van der Waals surface area contributed by atoms with E-state index in [4.69, 9.17) is 4.74 Å². The zero-order chi connectivity index (χ0) is 25.2. The molecule has 8 heteroatoms. The Labute approximate surface area is 215 Å². The molecule has 1 atom stereocenters. The SMILES string of the molecule is CCOc1ccc(S(=O)(=O)N(CC(=O)N2c3ccc(Br)cc3CC2C)Cc2ccccc2)cc1C. The van der Waals surface area contributed by atoms with Crippen LogP contribution in [0, 0.1) is 6.92 Å². The number of amides is 1. The van der Waals surface area contributed by atoms with Gasteiger partial charge in [-0.2, -0.15) is 4.31 Å². The summed E-state index contributed by atoms with van der Waals surface area (Å²) in [6.07, 6.45) is 0.726. The highest BCUT2D eigenvalue weighted by molar-refractivity contribution is 9.10. The van der Waals surface area contributed by atoms with Gasteiger partial charge in [0.2, 0.25) is 15.9 Å². The average Bonchev–Trinajstić information content (AvgIpc) is 3.15. The minimum absolute atomic E-state index is 0.0548. The molecular formula is C27H29BrN2O4S. The molecular weight excluding hydrogens is 528 g/mol. The second kappa shape index (κ2) is 10.5. The van der Waals surface area contributed by atoms with Crippen molar-refractivity contribution in [3.63, 3.8) is 0 Å². The summed E-state index contributed by atoms with van der Waals surface area (Å²) in [6.45, 7) is 6.01. The first-order valence-corrected chi connectivity index (χ1v) is 13.8. The Morgan fingerprint density at radius 2 is 1.86 bits per heavy atom. The molecule has 0 spiro atoms. The van der Waals surface area contributed by atoms with Crippen molar-refractivity contribution in [2.24, 2.45) is 0 Å². The van der Waals surface area contributed by atoms with E-state index in [2.05, 4.69) is 15.9 Å². The van der Waals surface area contributed by atoms with Crippen molar-refractivity contribution in [3.05, 3.63) is 87.9 Å². The van der Waals surface area contributed by atoms with E-state index in [1.54, 1.807) is 23.1 Å². The number of carbonyl (C=O) groups is 1. The number of carbonyl (C=O) groups excluding carboxylic acids is 1. The summed E-state index contributed by atoms with van der Waals surface area (Å²) in [6, 6.07) is 19.9. The van der Waals surface area contributed by atoms with Gasteiger partial charge in [-0.3, -0.25) is 4.79 Å². The molecule has 0 radical (unpaired) electrons. The summed E-state index contributed by atoms with van der Waals surface area (Å²) < 4.78 is 35.4. The molecule has 3 aromatic rings. The number of aryl methyl sites for hydroxylation is 1. The lowest BCUT2D eigenvalue weighted by Crippen LogP contribution is -2.44. The number of benzene rings is 3. The first kappa shape index (κ1) is 25.4. The fourth-order valence-corrected chi connectivity index (χ4v) is 6.34. The summed E-state index contributed by atoms with van der Waals surface area (Å²) in [5.41, 5.74) is 3.44. The van der Waals surface area contributed by atoms with Crippen LogP contribution in [0.2, 0.25) is 0 Å². The molecule has 0 N–H and O–H groups in total. The van der Waals surface area contributed by atoms with E-state index in [-0.39, 0.29) is 29.9 Å². The largest absolute Gasteiger partial charge is 0.494 e. The van der Waals surface area contributed by atoms with Crippen molar-refractivity contribution in [2.45, 2.75) is 44.7 Å². The molecule has 1 aliphatic heterocycles. The molecule has 1 unspecified atom stereocenters. The summed E-state index contributed by atoms with van der Waals surface area (Å²) in [5, 5.41) is 0. The van der Waals surface area contributed by atoms with E-state index in [1.165, 1.54) is 4.31 Å². The molecule has 0 saturated heterocycles. The van der Waals surface area contributed by atoms with E-state index in [1.807, 2.05) is 69.3 Å². The number of nitrogens with zero attached hydrogens (tertiary/aromatic N) is 2. The fraction of sp³-hybridized carbons (Fsp3) is 0.296. The van der Waals surface area contributed by atoms with Crippen LogP contribution in [-0.2, 0) is 27.8 Å². The van der Waals surface area contributed by atoms with Crippen LogP contribution in [0.4, 0.5) is 5.69 Å². The van der Waals surface area contributed by atoms with Crippen molar-refractivity contribution in [1.82, 2.24) is 4.31 Å². The lowest BCUT2D eigenvalue weighted by atomic mass is 10.1. The van der Waals surface area contributed by atoms with Crippen molar-refractivity contribution >= 4 is 37.5 Å². The summed E-state index contributed by atoms with van der Waals surface area (Å²) in [5.74, 6) is 0.395. The van der Waals surface area contributed by atoms with Crippen LogP contribution in [0.1, 0.15) is 30.5 Å². The van der Waals surface area contributed by atoms with Gasteiger partial charge in [-0.25, -0.2) is 8.42 Å². The van der Waals surface area contributed by atoms with Gasteiger partial charge in [0.15, 0.2) is 0 Å². The lowest BCUT2D eigenvalue weighted by Gasteiger charge is -2.28. The molecule has 0 aromatic heterocycles. The lowest BCUT2D eigenvalue weighted by molar-refractivity contribution is -0.119. The molecule has 35 heavy (non-hydrogen) atoms. The Balaban J connectivity index is 1.67. The molecule has 1 amide bonds. The van der Waals surface area contributed by atoms with Gasteiger partial charge < -0.3 is 9.64 Å². The average molecular weight is 558 g/mol. The first-order chi connectivity index (χ1) is 16.7. The normalized spacial score (nSPS) is 15.3. The Kier molecular flexibility index (Phi) is 7.64. The molecule has 0 fully saturated rings. The Bertz CT molecular complexity index is 1330. The molecule has 3 aromatic carbocycles. The predicted molar refractivity (Wildman–Crippen MR) is 141 cm³/mol. The predicted octanol–water partition coefficient (Wildman–Crippen LogP) is 5.32. The number of ether oxygens (including phenoxy) is 1. The summed E-state index contributed by atoms with van der Waals surface area (Å²) in [7, 11) is -3.96. The number of halogens is 1. The highest BCUT2D eigenvalue weighted by atomic mass is 79.9. The fourth-order valence-electron chi connectivity index (χ4n) is 4.47. The van der Waals surface area contributed by atoms with Gasteiger partial charge in [0.1, 0.15) is 5.75 Å². The number of sulfonamides is 1. The standard InChI is InChI=1S/C27H29BrN2O4S/c1-4-34-26-13-11-24(14-19(26)2)35(32,33)29(17-21-8-6-5-7-9-21)18-27(31)30-20(3)15-22-16-23(28)10-12-25(22)30/h5-14,16,20H,4,15,17-18H2,1-3H3. The molecule has 0 aliphatic carbocycles. The number of rotatable bonds is 8. The number of hydrogen-bond acceptors (Lipinski definition) is 4. The molecule has 1 aliphatic rings. The van der Waals surface area contributed by atoms with Crippen LogP contribution in [-0.4, -0.2) is 37.8 Å². The minimum atomic E-state index is -3.96. The van der Waals surface area contributed by atoms with Crippen molar-refractivity contribution < 1.29 is 17.9 Å². The Hall–Kier alpha value is -2.68. The minimum Gasteiger partial charge on any atom is -0.494 e. The second-order valence-corrected chi connectivity index (χ2v) is 11.6. The summed E-state index contributed by atoms with van der Waals surface area (Å²) in [4.78, 5) is 15.4. The number of hydrogen-bond donors (Lipinski definition) is 0. The number of anilines is 1. The molecule has 0 bridgehead atoms. The highest BCUT2D eigenvalue weighted by Gasteiger charge is 2.35. The van der Waals surface area contributed by atoms with Gasteiger partial charge in [0, 0.05) is 22.7 Å². The zero-order valence-electron chi connectivity index (χ0n) is 20.1. The smallest absolute Gasteiger partial charge is 0.243 e. The van der Waals surface area contributed by atoms with Gasteiger partial charge in [0.05, 0.1) is 18.0 Å². The molecule has 1 heterocycles. The van der Waals surface area contributed by atoms with Gasteiger partial charge in [-0.15, -0.1) is 0 Å². The van der Waals surface area contributed by atoms with Gasteiger partial charge in [-0.05, 0) is 80.3 Å².